The van der Waals surface area contributed by atoms with E-state index in [9.17, 15) is 9.59 Å². The Kier molecular flexibility index (Phi) is 6.27. The van der Waals surface area contributed by atoms with Gasteiger partial charge in [-0.2, -0.15) is 0 Å². The number of thioether (sulfide) groups is 1. The molecular formula is C27H24N4O2S. The third-order valence-electron chi connectivity index (χ3n) is 5.66. The second kappa shape index (κ2) is 9.65. The molecule has 1 heterocycles. The molecular weight excluding hydrogens is 444 g/mol. The number of amides is 1. The Balaban J connectivity index is 1.45. The van der Waals surface area contributed by atoms with E-state index in [1.165, 1.54) is 18.7 Å². The molecule has 0 saturated heterocycles. The molecule has 34 heavy (non-hydrogen) atoms. The Morgan fingerprint density at radius 2 is 1.68 bits per heavy atom. The van der Waals surface area contributed by atoms with Crippen molar-refractivity contribution in [2.75, 3.05) is 5.32 Å². The summed E-state index contributed by atoms with van der Waals surface area (Å²) < 4.78 is 1.90. The van der Waals surface area contributed by atoms with Gasteiger partial charge in [0.15, 0.2) is 5.78 Å². The van der Waals surface area contributed by atoms with Gasteiger partial charge >= 0.3 is 0 Å². The van der Waals surface area contributed by atoms with E-state index in [-0.39, 0.29) is 11.7 Å². The molecule has 1 saturated carbocycles. The van der Waals surface area contributed by atoms with E-state index in [1.54, 1.807) is 24.3 Å². The molecule has 7 heteroatoms. The van der Waals surface area contributed by atoms with E-state index < -0.39 is 5.25 Å². The molecule has 1 atom stereocenters. The lowest BCUT2D eigenvalue weighted by Crippen LogP contribution is -2.19. The van der Waals surface area contributed by atoms with Crippen LogP contribution in [0.25, 0.3) is 5.69 Å². The zero-order valence-electron chi connectivity index (χ0n) is 18.7. The van der Waals surface area contributed by atoms with Gasteiger partial charge in [0.2, 0.25) is 11.1 Å². The van der Waals surface area contributed by atoms with Crippen LogP contribution in [-0.2, 0) is 4.79 Å². The second-order valence-corrected chi connectivity index (χ2v) is 9.38. The third-order valence-corrected chi connectivity index (χ3v) is 6.76. The van der Waals surface area contributed by atoms with Crippen molar-refractivity contribution in [1.29, 1.82) is 0 Å². The van der Waals surface area contributed by atoms with Crippen molar-refractivity contribution in [1.82, 2.24) is 14.8 Å². The molecule has 6 nitrogen and oxygen atoms in total. The zero-order chi connectivity index (χ0) is 23.5. The first kappa shape index (κ1) is 22.1. The average molecular weight is 469 g/mol. The summed E-state index contributed by atoms with van der Waals surface area (Å²) in [5, 5.41) is 7.76. The van der Waals surface area contributed by atoms with Gasteiger partial charge < -0.3 is 5.32 Å². The van der Waals surface area contributed by atoms with E-state index in [0.29, 0.717) is 22.3 Å². The molecule has 1 amide bonds. The number of carbonyl (C=O) groups is 2. The summed E-state index contributed by atoms with van der Waals surface area (Å²) >= 11 is 1.33. The minimum Gasteiger partial charge on any atom is -0.325 e. The summed E-state index contributed by atoms with van der Waals surface area (Å²) in [6.07, 6.45) is 2.20. The molecule has 0 aliphatic heterocycles. The monoisotopic (exact) mass is 468 g/mol. The van der Waals surface area contributed by atoms with Crippen molar-refractivity contribution in [2.24, 2.45) is 0 Å². The Hall–Kier alpha value is -3.71. The summed E-state index contributed by atoms with van der Waals surface area (Å²) in [6.45, 7) is 1.51. The predicted molar refractivity (Wildman–Crippen MR) is 133 cm³/mol. The van der Waals surface area contributed by atoms with Crippen molar-refractivity contribution in [2.45, 2.75) is 36.1 Å². The number of benzene rings is 3. The molecule has 170 valence electrons. The predicted octanol–water partition coefficient (Wildman–Crippen LogP) is 5.82. The molecule has 3 aromatic carbocycles. The van der Waals surface area contributed by atoms with Gasteiger partial charge in [-0.1, -0.05) is 72.4 Å². The van der Waals surface area contributed by atoms with Crippen molar-refractivity contribution in [3.05, 3.63) is 102 Å². The summed E-state index contributed by atoms with van der Waals surface area (Å²) in [6, 6.07) is 26.6. The number of Topliss-reactive ketones (excluding diaryl/α,β-unsaturated/α-hetero) is 1. The Bertz CT molecular complexity index is 1320. The first-order valence-electron chi connectivity index (χ1n) is 11.2. The van der Waals surface area contributed by atoms with Gasteiger partial charge in [0.1, 0.15) is 11.1 Å². The highest BCUT2D eigenvalue weighted by atomic mass is 32.2. The Morgan fingerprint density at radius 1 is 0.971 bits per heavy atom. The topological polar surface area (TPSA) is 76.9 Å². The number of hydrogen-bond acceptors (Lipinski definition) is 5. The second-order valence-electron chi connectivity index (χ2n) is 8.31. The minimum absolute atomic E-state index is 0.0478. The maximum absolute atomic E-state index is 13.4. The maximum Gasteiger partial charge on any atom is 0.242 e. The fraction of sp³-hybridized carbons (Fsp3) is 0.185. The van der Waals surface area contributed by atoms with E-state index >= 15 is 0 Å². The molecule has 1 aliphatic rings. The normalized spacial score (nSPS) is 13.9. The van der Waals surface area contributed by atoms with Crippen molar-refractivity contribution < 1.29 is 9.59 Å². The van der Waals surface area contributed by atoms with Gasteiger partial charge in [-0.3, -0.25) is 9.59 Å². The van der Waals surface area contributed by atoms with Gasteiger partial charge in [-0.15, -0.1) is 5.10 Å². The number of anilines is 1. The van der Waals surface area contributed by atoms with Crippen LogP contribution in [0.2, 0.25) is 0 Å². The summed E-state index contributed by atoms with van der Waals surface area (Å²) in [5.41, 5.74) is 2.96. The Labute approximate surface area is 202 Å². The number of nitrogens with one attached hydrogen (secondary N) is 1. The third kappa shape index (κ3) is 4.94. The summed E-state index contributed by atoms with van der Waals surface area (Å²) in [7, 11) is 0. The van der Waals surface area contributed by atoms with Crippen LogP contribution in [0.15, 0.2) is 90.1 Å². The van der Waals surface area contributed by atoms with E-state index in [2.05, 4.69) is 5.32 Å². The van der Waals surface area contributed by atoms with E-state index in [0.717, 1.165) is 29.9 Å². The largest absolute Gasteiger partial charge is 0.325 e. The lowest BCUT2D eigenvalue weighted by molar-refractivity contribution is -0.115. The van der Waals surface area contributed by atoms with Gasteiger partial charge in [0, 0.05) is 17.2 Å². The maximum atomic E-state index is 13.4. The zero-order valence-corrected chi connectivity index (χ0v) is 19.5. The lowest BCUT2D eigenvalue weighted by atomic mass is 10.1. The molecule has 0 spiro atoms. The number of carbonyl (C=O) groups excluding carboxylic acids is 2. The van der Waals surface area contributed by atoms with Crippen LogP contribution in [0.3, 0.4) is 0 Å². The van der Waals surface area contributed by atoms with Crippen molar-refractivity contribution in [3.8, 4) is 5.69 Å². The molecule has 0 radical (unpaired) electrons. The quantitative estimate of drug-likeness (QED) is 0.260. The van der Waals surface area contributed by atoms with E-state index in [1.807, 2.05) is 65.3 Å². The fourth-order valence-electron chi connectivity index (χ4n) is 3.75. The highest BCUT2D eigenvalue weighted by molar-refractivity contribution is 8.00. The molecule has 1 unspecified atom stereocenters. The van der Waals surface area contributed by atoms with Crippen LogP contribution < -0.4 is 5.32 Å². The molecule has 1 N–H and O–H groups in total. The van der Waals surface area contributed by atoms with Gasteiger partial charge in [-0.05, 0) is 49.6 Å². The molecule has 5 rings (SSSR count). The van der Waals surface area contributed by atoms with E-state index in [4.69, 9.17) is 10.1 Å². The first-order chi connectivity index (χ1) is 16.6. The molecule has 1 aromatic heterocycles. The summed E-state index contributed by atoms with van der Waals surface area (Å²) in [5.74, 6) is 1.10. The molecule has 0 bridgehead atoms. The minimum atomic E-state index is -0.555. The highest BCUT2D eigenvalue weighted by Crippen LogP contribution is 2.42. The average Bonchev–Trinajstić information content (AvgIpc) is 3.63. The fourth-order valence-corrected chi connectivity index (χ4v) is 4.69. The van der Waals surface area contributed by atoms with Gasteiger partial charge in [-0.25, -0.2) is 9.67 Å². The van der Waals surface area contributed by atoms with Crippen LogP contribution >= 0.6 is 11.8 Å². The van der Waals surface area contributed by atoms with Crippen molar-refractivity contribution >= 4 is 29.1 Å². The van der Waals surface area contributed by atoms with Crippen LogP contribution in [0.4, 0.5) is 5.69 Å². The van der Waals surface area contributed by atoms with Crippen LogP contribution in [0.1, 0.15) is 52.7 Å². The number of ketones is 1. The van der Waals surface area contributed by atoms with Gasteiger partial charge in [0.25, 0.3) is 0 Å². The number of rotatable bonds is 8. The van der Waals surface area contributed by atoms with Crippen molar-refractivity contribution in [3.63, 3.8) is 0 Å². The number of para-hydroxylation sites is 1. The number of aromatic nitrogens is 3. The molecule has 1 aliphatic carbocycles. The lowest BCUT2D eigenvalue weighted by Gasteiger charge is -2.16. The SMILES string of the molecule is CC(=O)c1cccc(NC(=O)C(Sc2nc(C3CC3)n(-c3ccccc3)n2)c2ccccc2)c1. The number of hydrogen-bond donors (Lipinski definition) is 1. The standard InChI is InChI=1S/C27H24N4O2S/c1-18(32)21-11-8-12-22(17-21)28-26(33)24(19-9-4-2-5-10-19)34-27-29-25(20-15-16-20)31(30-27)23-13-6-3-7-14-23/h2-14,17,20,24H,15-16H2,1H3,(H,28,33). The smallest absolute Gasteiger partial charge is 0.242 e. The van der Waals surface area contributed by atoms with Gasteiger partial charge in [0.05, 0.1) is 5.69 Å². The van der Waals surface area contributed by atoms with Crippen LogP contribution in [0.5, 0.6) is 0 Å². The molecule has 4 aromatic rings. The van der Waals surface area contributed by atoms with Crippen LogP contribution in [0, 0.1) is 0 Å². The highest BCUT2D eigenvalue weighted by Gasteiger charge is 2.32. The van der Waals surface area contributed by atoms with Crippen LogP contribution in [-0.4, -0.2) is 26.5 Å². The number of nitrogens with zero attached hydrogens (tertiary/aromatic N) is 3. The summed E-state index contributed by atoms with van der Waals surface area (Å²) in [4.78, 5) is 30.0. The Morgan fingerprint density at radius 3 is 2.35 bits per heavy atom. The molecule has 1 fully saturated rings. The first-order valence-corrected chi connectivity index (χ1v) is 12.1.